The molecule has 29 heavy (non-hydrogen) atoms. The summed E-state index contributed by atoms with van der Waals surface area (Å²) >= 11 is -1.94. The summed E-state index contributed by atoms with van der Waals surface area (Å²) in [6.07, 6.45) is 11.2. The molecule has 3 rings (SSSR count). The van der Waals surface area contributed by atoms with Crippen molar-refractivity contribution < 1.29 is 13.6 Å². The zero-order chi connectivity index (χ0) is 20.8. The number of aromatic nitrogens is 2. The van der Waals surface area contributed by atoms with E-state index in [2.05, 4.69) is 28.3 Å². The van der Waals surface area contributed by atoms with E-state index < -0.39 is 11.1 Å². The van der Waals surface area contributed by atoms with Gasteiger partial charge in [-0.2, -0.15) is 0 Å². The molecule has 0 aliphatic carbocycles. The summed E-state index contributed by atoms with van der Waals surface area (Å²) in [4.78, 5) is 19.1. The fraction of sp³-hybridized carbons (Fsp3) is 0.545. The average Bonchev–Trinajstić information content (AvgIpc) is 3.40. The number of nitrogens with zero attached hydrogens (tertiary/aromatic N) is 3. The number of hydrogen-bond acceptors (Lipinski definition) is 3. The van der Waals surface area contributed by atoms with Gasteiger partial charge in [-0.25, -0.2) is 9.19 Å². The van der Waals surface area contributed by atoms with E-state index in [0.717, 1.165) is 44.2 Å². The van der Waals surface area contributed by atoms with Crippen molar-refractivity contribution in [3.05, 3.63) is 48.5 Å². The van der Waals surface area contributed by atoms with Crippen molar-refractivity contribution >= 4 is 17.0 Å². The Hall–Kier alpha value is -1.99. The van der Waals surface area contributed by atoms with Gasteiger partial charge < -0.3 is 14.0 Å². The van der Waals surface area contributed by atoms with Crippen molar-refractivity contribution in [2.75, 3.05) is 6.54 Å². The van der Waals surface area contributed by atoms with Gasteiger partial charge in [0.2, 0.25) is 5.91 Å². The third-order valence-corrected chi connectivity index (χ3v) is 6.77. The SMILES string of the molecule is CCC(CC(CCC(C)c1ccc(S(=O)O)cc1)N1CCCC1=O)n1ccnc1. The molecule has 1 aliphatic heterocycles. The van der Waals surface area contributed by atoms with Gasteiger partial charge in [-0.3, -0.25) is 4.79 Å². The topological polar surface area (TPSA) is 75.4 Å². The Balaban J connectivity index is 1.67. The fourth-order valence-electron chi connectivity index (χ4n) is 4.28. The molecule has 2 aromatic rings. The van der Waals surface area contributed by atoms with Crippen LogP contribution in [-0.4, -0.2) is 41.7 Å². The van der Waals surface area contributed by atoms with E-state index in [9.17, 15) is 13.6 Å². The van der Waals surface area contributed by atoms with Crippen LogP contribution in [-0.2, 0) is 15.9 Å². The first-order valence-corrected chi connectivity index (χ1v) is 11.6. The number of rotatable bonds is 10. The summed E-state index contributed by atoms with van der Waals surface area (Å²) in [5, 5.41) is 0. The van der Waals surface area contributed by atoms with Crippen LogP contribution < -0.4 is 0 Å². The minimum atomic E-state index is -1.94. The molecule has 4 unspecified atom stereocenters. The van der Waals surface area contributed by atoms with Crippen LogP contribution >= 0.6 is 0 Å². The Morgan fingerprint density at radius 1 is 1.21 bits per heavy atom. The van der Waals surface area contributed by atoms with E-state index in [1.807, 2.05) is 30.9 Å². The highest BCUT2D eigenvalue weighted by Crippen LogP contribution is 2.30. The molecule has 0 bridgehead atoms. The van der Waals surface area contributed by atoms with Crippen molar-refractivity contribution in [3.63, 3.8) is 0 Å². The summed E-state index contributed by atoms with van der Waals surface area (Å²) in [7, 11) is 0. The lowest BCUT2D eigenvalue weighted by Crippen LogP contribution is -2.38. The molecule has 2 heterocycles. The highest BCUT2D eigenvalue weighted by atomic mass is 32.2. The Bertz CT molecular complexity index is 807. The molecular formula is C22H31N3O3S. The molecule has 0 saturated carbocycles. The zero-order valence-electron chi connectivity index (χ0n) is 17.2. The van der Waals surface area contributed by atoms with Crippen LogP contribution in [0.5, 0.6) is 0 Å². The van der Waals surface area contributed by atoms with Crippen molar-refractivity contribution in [2.45, 2.75) is 75.3 Å². The lowest BCUT2D eigenvalue weighted by Gasteiger charge is -2.32. The number of hydrogen-bond donors (Lipinski definition) is 1. The molecule has 4 atom stereocenters. The predicted octanol–water partition coefficient (Wildman–Crippen LogP) is 4.38. The minimum absolute atomic E-state index is 0.226. The van der Waals surface area contributed by atoms with Crippen molar-refractivity contribution in [2.24, 2.45) is 0 Å². The largest absolute Gasteiger partial charge is 0.340 e. The minimum Gasteiger partial charge on any atom is -0.340 e. The van der Waals surface area contributed by atoms with Gasteiger partial charge in [0, 0.05) is 37.4 Å². The summed E-state index contributed by atoms with van der Waals surface area (Å²) in [5.74, 6) is 0.600. The second-order valence-electron chi connectivity index (χ2n) is 7.95. The van der Waals surface area contributed by atoms with Crippen molar-refractivity contribution in [3.8, 4) is 0 Å². The molecule has 0 spiro atoms. The van der Waals surface area contributed by atoms with Crippen LogP contribution in [0.25, 0.3) is 0 Å². The van der Waals surface area contributed by atoms with E-state index >= 15 is 0 Å². The molecule has 7 heteroatoms. The lowest BCUT2D eigenvalue weighted by molar-refractivity contribution is -0.130. The first-order chi connectivity index (χ1) is 14.0. The number of imidazole rings is 1. The highest BCUT2D eigenvalue weighted by Gasteiger charge is 2.30. The smallest absolute Gasteiger partial charge is 0.222 e. The third kappa shape index (κ3) is 5.54. The van der Waals surface area contributed by atoms with E-state index in [0.29, 0.717) is 23.3 Å². The van der Waals surface area contributed by atoms with Gasteiger partial charge >= 0.3 is 0 Å². The van der Waals surface area contributed by atoms with E-state index in [-0.39, 0.29) is 11.9 Å². The lowest BCUT2D eigenvalue weighted by atomic mass is 9.91. The first kappa shape index (κ1) is 21.7. The molecule has 1 amide bonds. The first-order valence-electron chi connectivity index (χ1n) is 10.5. The molecule has 1 aromatic carbocycles. The molecule has 1 N–H and O–H groups in total. The van der Waals surface area contributed by atoms with Crippen LogP contribution in [0.4, 0.5) is 0 Å². The average molecular weight is 418 g/mol. The molecule has 1 fully saturated rings. The van der Waals surface area contributed by atoms with Gasteiger partial charge in [0.1, 0.15) is 0 Å². The standard InChI is InChI=1S/C22H31N3O3S/c1-3-19(24-14-12-23-16-24)15-20(25-13-4-5-22(25)26)9-6-17(2)18-7-10-21(11-8-18)29(27)28/h7-8,10-12,14,16-17,19-20H,3-6,9,13,15H2,1-2H3,(H,27,28). The number of likely N-dealkylation sites (tertiary alicyclic amines) is 1. The molecular weight excluding hydrogens is 386 g/mol. The van der Waals surface area contributed by atoms with Gasteiger partial charge in [-0.05, 0) is 55.7 Å². The Morgan fingerprint density at radius 2 is 1.97 bits per heavy atom. The van der Waals surface area contributed by atoms with Gasteiger partial charge in [0.25, 0.3) is 0 Å². The van der Waals surface area contributed by atoms with Crippen molar-refractivity contribution in [1.29, 1.82) is 0 Å². The molecule has 1 aliphatic rings. The van der Waals surface area contributed by atoms with Crippen molar-refractivity contribution in [1.82, 2.24) is 14.5 Å². The zero-order valence-corrected chi connectivity index (χ0v) is 18.1. The van der Waals surface area contributed by atoms with Crippen LogP contribution in [0, 0.1) is 0 Å². The van der Waals surface area contributed by atoms with E-state index in [4.69, 9.17) is 0 Å². The van der Waals surface area contributed by atoms with Crippen LogP contribution in [0.1, 0.15) is 69.9 Å². The summed E-state index contributed by atoms with van der Waals surface area (Å²) in [6, 6.07) is 7.87. The third-order valence-electron chi connectivity index (χ3n) is 6.10. The van der Waals surface area contributed by atoms with Crippen LogP contribution in [0.2, 0.25) is 0 Å². The van der Waals surface area contributed by atoms with Gasteiger partial charge in [-0.1, -0.05) is 26.0 Å². The van der Waals surface area contributed by atoms with Gasteiger partial charge in [0.05, 0.1) is 11.2 Å². The quantitative estimate of drug-likeness (QED) is 0.582. The summed E-state index contributed by atoms with van der Waals surface area (Å²) in [6.45, 7) is 5.22. The van der Waals surface area contributed by atoms with Gasteiger partial charge in [-0.15, -0.1) is 0 Å². The van der Waals surface area contributed by atoms with Crippen LogP contribution in [0.15, 0.2) is 47.9 Å². The maximum Gasteiger partial charge on any atom is 0.222 e. The molecule has 1 aromatic heterocycles. The molecule has 158 valence electrons. The maximum atomic E-state index is 12.4. The normalized spacial score (nSPS) is 18.6. The number of amides is 1. The summed E-state index contributed by atoms with van der Waals surface area (Å²) in [5.41, 5.74) is 1.16. The predicted molar refractivity (Wildman–Crippen MR) is 114 cm³/mol. The number of carbonyl (C=O) groups is 1. The number of benzene rings is 1. The molecule has 1 saturated heterocycles. The Labute approximate surface area is 175 Å². The van der Waals surface area contributed by atoms with Gasteiger partial charge in [0.15, 0.2) is 11.1 Å². The maximum absolute atomic E-state index is 12.4. The second kappa shape index (κ2) is 10.2. The monoisotopic (exact) mass is 417 g/mol. The Kier molecular flexibility index (Phi) is 7.61. The summed E-state index contributed by atoms with van der Waals surface area (Å²) < 4.78 is 22.5. The Morgan fingerprint density at radius 3 is 2.52 bits per heavy atom. The van der Waals surface area contributed by atoms with Crippen LogP contribution in [0.3, 0.4) is 0 Å². The second-order valence-corrected chi connectivity index (χ2v) is 8.92. The highest BCUT2D eigenvalue weighted by molar-refractivity contribution is 7.79. The number of carbonyl (C=O) groups excluding carboxylic acids is 1. The van der Waals surface area contributed by atoms with E-state index in [1.54, 1.807) is 12.1 Å². The van der Waals surface area contributed by atoms with E-state index in [1.165, 1.54) is 0 Å². The molecule has 6 nitrogen and oxygen atoms in total. The molecule has 0 radical (unpaired) electrons. The fourth-order valence-corrected chi connectivity index (χ4v) is 4.65.